The van der Waals surface area contributed by atoms with E-state index in [0.29, 0.717) is 18.8 Å². The third kappa shape index (κ3) is 4.44. The summed E-state index contributed by atoms with van der Waals surface area (Å²) >= 11 is 0. The van der Waals surface area contributed by atoms with Gasteiger partial charge in [-0.2, -0.15) is 5.10 Å². The lowest BCUT2D eigenvalue weighted by Crippen LogP contribution is -2.37. The Morgan fingerprint density at radius 3 is 2.67 bits per heavy atom. The second-order valence-electron chi connectivity index (χ2n) is 4.47. The fourth-order valence-electron chi connectivity index (χ4n) is 1.96. The van der Waals surface area contributed by atoms with Crippen molar-refractivity contribution in [2.45, 2.75) is 33.7 Å². The maximum Gasteiger partial charge on any atom is 0.325 e. The number of carbonyl (C=O) groups is 2. The molecule has 0 aliphatic carbocycles. The van der Waals surface area contributed by atoms with Crippen LogP contribution in [0.15, 0.2) is 18.7 Å². The second-order valence-corrected chi connectivity index (χ2v) is 4.47. The normalized spacial score (nSPS) is 10.2. The molecule has 1 aromatic heterocycles. The van der Waals surface area contributed by atoms with Gasteiger partial charge in [0.1, 0.15) is 12.2 Å². The monoisotopic (exact) mass is 293 g/mol. The first-order valence-electron chi connectivity index (χ1n) is 7.19. The predicted molar refractivity (Wildman–Crippen MR) is 80.0 cm³/mol. The van der Waals surface area contributed by atoms with Gasteiger partial charge in [-0.3, -0.25) is 14.3 Å². The largest absolute Gasteiger partial charge is 0.465 e. The minimum absolute atomic E-state index is 0.0882. The summed E-state index contributed by atoms with van der Waals surface area (Å²) in [5.41, 5.74) is 1.34. The summed E-state index contributed by atoms with van der Waals surface area (Å²) in [6.45, 7) is 10.4. The van der Waals surface area contributed by atoms with Crippen LogP contribution >= 0.6 is 0 Å². The van der Waals surface area contributed by atoms with Gasteiger partial charge < -0.3 is 9.64 Å². The van der Waals surface area contributed by atoms with E-state index in [1.165, 1.54) is 4.90 Å². The molecule has 21 heavy (non-hydrogen) atoms. The van der Waals surface area contributed by atoms with Gasteiger partial charge in [0.2, 0.25) is 0 Å². The molecule has 6 heteroatoms. The molecule has 0 saturated carbocycles. The summed E-state index contributed by atoms with van der Waals surface area (Å²) in [6, 6.07) is 1.77. The van der Waals surface area contributed by atoms with Crippen molar-refractivity contribution in [3.05, 3.63) is 30.1 Å². The molecule has 0 aliphatic rings. The number of aryl methyl sites for hydroxylation is 2. The first kappa shape index (κ1) is 16.9. The van der Waals surface area contributed by atoms with Crippen molar-refractivity contribution in [1.82, 2.24) is 14.7 Å². The number of carbonyl (C=O) groups excluding carboxylic acids is 2. The van der Waals surface area contributed by atoms with Crippen molar-refractivity contribution in [2.75, 3.05) is 19.7 Å². The van der Waals surface area contributed by atoms with Gasteiger partial charge in [-0.05, 0) is 26.3 Å². The van der Waals surface area contributed by atoms with Crippen molar-refractivity contribution < 1.29 is 14.3 Å². The SMILES string of the molecule is C=CCN(CC(=O)OCC)C(=O)c1cc(CC)nn1CC. The van der Waals surface area contributed by atoms with Crippen LogP contribution in [0.1, 0.15) is 37.0 Å². The fraction of sp³-hybridized carbons (Fsp3) is 0.533. The molecule has 1 aromatic rings. The lowest BCUT2D eigenvalue weighted by Gasteiger charge is -2.20. The van der Waals surface area contributed by atoms with E-state index in [9.17, 15) is 9.59 Å². The van der Waals surface area contributed by atoms with Crippen LogP contribution < -0.4 is 0 Å². The van der Waals surface area contributed by atoms with E-state index in [2.05, 4.69) is 11.7 Å². The molecule has 0 bridgehead atoms. The summed E-state index contributed by atoms with van der Waals surface area (Å²) in [5.74, 6) is -0.664. The molecule has 6 nitrogen and oxygen atoms in total. The van der Waals surface area contributed by atoms with Crippen molar-refractivity contribution >= 4 is 11.9 Å². The van der Waals surface area contributed by atoms with Crippen molar-refractivity contribution in [3.63, 3.8) is 0 Å². The molecule has 0 atom stereocenters. The smallest absolute Gasteiger partial charge is 0.325 e. The van der Waals surface area contributed by atoms with Crippen LogP contribution in [0.25, 0.3) is 0 Å². The molecule has 1 heterocycles. The minimum atomic E-state index is -0.425. The molecular weight excluding hydrogens is 270 g/mol. The van der Waals surface area contributed by atoms with Crippen LogP contribution in [0.4, 0.5) is 0 Å². The van der Waals surface area contributed by atoms with E-state index in [1.54, 1.807) is 23.7 Å². The van der Waals surface area contributed by atoms with Crippen molar-refractivity contribution in [2.24, 2.45) is 0 Å². The number of hydrogen-bond acceptors (Lipinski definition) is 4. The predicted octanol–water partition coefficient (Wildman–Crippen LogP) is 1.66. The lowest BCUT2D eigenvalue weighted by atomic mass is 10.2. The van der Waals surface area contributed by atoms with Gasteiger partial charge in [-0.1, -0.05) is 13.0 Å². The number of aromatic nitrogens is 2. The number of ether oxygens (including phenoxy) is 1. The van der Waals surface area contributed by atoms with E-state index in [1.807, 2.05) is 13.8 Å². The third-order valence-electron chi connectivity index (χ3n) is 2.97. The van der Waals surface area contributed by atoms with Crippen molar-refractivity contribution in [3.8, 4) is 0 Å². The highest BCUT2D eigenvalue weighted by molar-refractivity contribution is 5.94. The summed E-state index contributed by atoms with van der Waals surface area (Å²) < 4.78 is 6.55. The summed E-state index contributed by atoms with van der Waals surface area (Å²) in [7, 11) is 0. The van der Waals surface area contributed by atoms with E-state index in [4.69, 9.17) is 4.74 Å². The summed E-state index contributed by atoms with van der Waals surface area (Å²) in [5, 5.41) is 4.35. The number of esters is 1. The Labute approximate surface area is 125 Å². The van der Waals surface area contributed by atoms with E-state index >= 15 is 0 Å². The van der Waals surface area contributed by atoms with Gasteiger partial charge in [-0.25, -0.2) is 0 Å². The van der Waals surface area contributed by atoms with Gasteiger partial charge in [0.15, 0.2) is 0 Å². The lowest BCUT2D eigenvalue weighted by molar-refractivity contribution is -0.143. The molecule has 0 radical (unpaired) electrons. The Morgan fingerprint density at radius 2 is 2.14 bits per heavy atom. The van der Waals surface area contributed by atoms with Crippen LogP contribution in [0.2, 0.25) is 0 Å². The summed E-state index contributed by atoms with van der Waals surface area (Å²) in [4.78, 5) is 25.6. The second kappa shape index (κ2) is 8.24. The minimum Gasteiger partial charge on any atom is -0.465 e. The first-order chi connectivity index (χ1) is 10.1. The molecule has 0 aliphatic heterocycles. The van der Waals surface area contributed by atoms with Crippen LogP contribution in [-0.4, -0.2) is 46.3 Å². The Balaban J connectivity index is 2.96. The van der Waals surface area contributed by atoms with Gasteiger partial charge in [-0.15, -0.1) is 6.58 Å². The molecule has 0 fully saturated rings. The average Bonchev–Trinajstić information content (AvgIpc) is 2.89. The molecule has 0 aromatic carbocycles. The zero-order valence-electron chi connectivity index (χ0n) is 13.0. The Hall–Kier alpha value is -2.11. The highest BCUT2D eigenvalue weighted by Crippen LogP contribution is 2.10. The number of amides is 1. The van der Waals surface area contributed by atoms with E-state index in [0.717, 1.165) is 12.1 Å². The topological polar surface area (TPSA) is 64.4 Å². The van der Waals surface area contributed by atoms with Gasteiger partial charge in [0, 0.05) is 13.1 Å². The molecule has 0 spiro atoms. The standard InChI is InChI=1S/C15H23N3O3/c1-5-9-17(11-14(19)21-8-4)15(20)13-10-12(6-2)16-18(13)7-3/h5,10H,1,6-9,11H2,2-4H3. The molecule has 0 N–H and O–H groups in total. The van der Waals surface area contributed by atoms with Crippen LogP contribution in [0, 0.1) is 0 Å². The number of hydrogen-bond donors (Lipinski definition) is 0. The molecule has 1 rings (SSSR count). The zero-order chi connectivity index (χ0) is 15.8. The van der Waals surface area contributed by atoms with Crippen LogP contribution in [0.3, 0.4) is 0 Å². The highest BCUT2D eigenvalue weighted by Gasteiger charge is 2.22. The fourth-order valence-corrected chi connectivity index (χ4v) is 1.96. The molecule has 1 amide bonds. The van der Waals surface area contributed by atoms with Crippen molar-refractivity contribution in [1.29, 1.82) is 0 Å². The van der Waals surface area contributed by atoms with Gasteiger partial charge in [0.05, 0.1) is 12.3 Å². The van der Waals surface area contributed by atoms with Crippen LogP contribution in [-0.2, 0) is 22.5 Å². The molecule has 0 unspecified atom stereocenters. The average molecular weight is 293 g/mol. The Kier molecular flexibility index (Phi) is 6.65. The zero-order valence-corrected chi connectivity index (χ0v) is 13.0. The maximum atomic E-state index is 12.6. The van der Waals surface area contributed by atoms with Crippen LogP contribution in [0.5, 0.6) is 0 Å². The number of nitrogens with zero attached hydrogens (tertiary/aromatic N) is 3. The van der Waals surface area contributed by atoms with Gasteiger partial charge >= 0.3 is 5.97 Å². The Morgan fingerprint density at radius 1 is 1.43 bits per heavy atom. The molecule has 0 saturated heterocycles. The van der Waals surface area contributed by atoms with E-state index < -0.39 is 5.97 Å². The third-order valence-corrected chi connectivity index (χ3v) is 2.97. The maximum absolute atomic E-state index is 12.6. The molecule has 116 valence electrons. The van der Waals surface area contributed by atoms with Gasteiger partial charge in [0.25, 0.3) is 5.91 Å². The van der Waals surface area contributed by atoms with E-state index in [-0.39, 0.29) is 19.0 Å². The Bertz CT molecular complexity index is 508. The molecular formula is C15H23N3O3. The highest BCUT2D eigenvalue weighted by atomic mass is 16.5. The number of rotatable bonds is 8. The first-order valence-corrected chi connectivity index (χ1v) is 7.19. The summed E-state index contributed by atoms with van der Waals surface area (Å²) in [6.07, 6.45) is 2.34. The quantitative estimate of drug-likeness (QED) is 0.540.